The number of methoxy groups -OCH3 is 2. The highest BCUT2D eigenvalue weighted by Crippen LogP contribution is 2.28. The summed E-state index contributed by atoms with van der Waals surface area (Å²) < 4.78 is 16.1. The van der Waals surface area contributed by atoms with Crippen molar-refractivity contribution in [2.75, 3.05) is 32.7 Å². The van der Waals surface area contributed by atoms with Crippen LogP contribution in [0.2, 0.25) is 0 Å². The third kappa shape index (κ3) is 7.54. The van der Waals surface area contributed by atoms with Crippen LogP contribution >= 0.6 is 24.0 Å². The number of guanidine groups is 1. The molecule has 0 fully saturated rings. The largest absolute Gasteiger partial charge is 0.497 e. The van der Waals surface area contributed by atoms with Gasteiger partial charge < -0.3 is 25.3 Å². The third-order valence-corrected chi connectivity index (χ3v) is 3.78. The standard InChI is InChI=1S/C20H27N3O3.HI/c1-4-26-19-13-15(10-11-18(19)25-3)7-6-12-22-20(21)23-16-8-5-9-17(14-16)24-2;/h5,8-11,13-14H,4,6-7,12H2,1-3H3,(H3,21,22,23);1H. The van der Waals surface area contributed by atoms with Crippen molar-refractivity contribution in [1.82, 2.24) is 0 Å². The minimum absolute atomic E-state index is 0. The molecule has 27 heavy (non-hydrogen) atoms. The van der Waals surface area contributed by atoms with Crippen LogP contribution in [0, 0.1) is 0 Å². The zero-order chi connectivity index (χ0) is 18.8. The van der Waals surface area contributed by atoms with Crippen LogP contribution in [0.15, 0.2) is 47.5 Å². The van der Waals surface area contributed by atoms with Crippen molar-refractivity contribution in [2.24, 2.45) is 10.7 Å². The van der Waals surface area contributed by atoms with E-state index in [2.05, 4.69) is 10.3 Å². The second-order valence-electron chi connectivity index (χ2n) is 5.65. The van der Waals surface area contributed by atoms with Gasteiger partial charge in [0, 0.05) is 18.3 Å². The summed E-state index contributed by atoms with van der Waals surface area (Å²) in [7, 11) is 3.27. The molecule has 6 nitrogen and oxygen atoms in total. The molecule has 0 aliphatic rings. The molecule has 2 aromatic rings. The number of benzene rings is 2. The van der Waals surface area contributed by atoms with Crippen molar-refractivity contribution < 1.29 is 14.2 Å². The monoisotopic (exact) mass is 485 g/mol. The molecule has 0 bridgehead atoms. The predicted molar refractivity (Wildman–Crippen MR) is 121 cm³/mol. The van der Waals surface area contributed by atoms with Gasteiger partial charge in [-0.15, -0.1) is 24.0 Å². The van der Waals surface area contributed by atoms with E-state index in [0.717, 1.165) is 35.8 Å². The van der Waals surface area contributed by atoms with Gasteiger partial charge in [-0.1, -0.05) is 12.1 Å². The van der Waals surface area contributed by atoms with Crippen LogP contribution < -0.4 is 25.3 Å². The molecule has 0 aliphatic heterocycles. The fourth-order valence-corrected chi connectivity index (χ4v) is 2.52. The van der Waals surface area contributed by atoms with Crippen LogP contribution in [-0.2, 0) is 6.42 Å². The van der Waals surface area contributed by atoms with E-state index in [4.69, 9.17) is 19.9 Å². The summed E-state index contributed by atoms with van der Waals surface area (Å²) in [6.45, 7) is 3.20. The van der Waals surface area contributed by atoms with Gasteiger partial charge in [-0.05, 0) is 49.6 Å². The Balaban J connectivity index is 0.00000364. The van der Waals surface area contributed by atoms with E-state index in [1.54, 1.807) is 14.2 Å². The molecular weight excluding hydrogens is 457 g/mol. The number of halogens is 1. The fraction of sp³-hybridized carbons (Fsp3) is 0.350. The van der Waals surface area contributed by atoms with Gasteiger partial charge in [0.1, 0.15) is 5.75 Å². The Hall–Kier alpha value is -2.16. The van der Waals surface area contributed by atoms with E-state index in [1.165, 1.54) is 5.56 Å². The number of hydrogen-bond acceptors (Lipinski definition) is 4. The van der Waals surface area contributed by atoms with Gasteiger partial charge in [0.2, 0.25) is 0 Å². The average Bonchev–Trinajstić information content (AvgIpc) is 2.66. The molecule has 0 saturated heterocycles. The summed E-state index contributed by atoms with van der Waals surface area (Å²) in [6, 6.07) is 13.6. The molecule has 148 valence electrons. The summed E-state index contributed by atoms with van der Waals surface area (Å²) >= 11 is 0. The Kier molecular flexibility index (Phi) is 10.4. The second-order valence-corrected chi connectivity index (χ2v) is 5.65. The molecule has 0 unspecified atom stereocenters. The number of nitrogens with zero attached hydrogens (tertiary/aromatic N) is 1. The lowest BCUT2D eigenvalue weighted by Crippen LogP contribution is -2.22. The lowest BCUT2D eigenvalue weighted by Gasteiger charge is -2.11. The highest BCUT2D eigenvalue weighted by molar-refractivity contribution is 14.0. The fourth-order valence-electron chi connectivity index (χ4n) is 2.52. The number of nitrogens with two attached hydrogens (primary N) is 1. The molecule has 0 aliphatic carbocycles. The van der Waals surface area contributed by atoms with Gasteiger partial charge in [-0.25, -0.2) is 0 Å². The maximum Gasteiger partial charge on any atom is 0.193 e. The van der Waals surface area contributed by atoms with Crippen LogP contribution in [-0.4, -0.2) is 33.3 Å². The second kappa shape index (κ2) is 12.3. The Bertz CT molecular complexity index is 738. The van der Waals surface area contributed by atoms with Gasteiger partial charge in [-0.3, -0.25) is 4.99 Å². The van der Waals surface area contributed by atoms with Crippen LogP contribution in [0.1, 0.15) is 18.9 Å². The number of rotatable bonds is 9. The summed E-state index contributed by atoms with van der Waals surface area (Å²) in [6.07, 6.45) is 1.78. The number of hydrogen-bond donors (Lipinski definition) is 2. The Morgan fingerprint density at radius 1 is 1.07 bits per heavy atom. The molecule has 0 heterocycles. The van der Waals surface area contributed by atoms with Crippen molar-refractivity contribution in [1.29, 1.82) is 0 Å². The Labute approximate surface area is 178 Å². The molecule has 2 aromatic carbocycles. The summed E-state index contributed by atoms with van der Waals surface area (Å²) in [5.41, 5.74) is 7.97. The molecule has 0 radical (unpaired) electrons. The van der Waals surface area contributed by atoms with E-state index in [9.17, 15) is 0 Å². The lowest BCUT2D eigenvalue weighted by molar-refractivity contribution is 0.310. The van der Waals surface area contributed by atoms with Crippen LogP contribution in [0.5, 0.6) is 17.2 Å². The molecule has 0 spiro atoms. The normalized spacial score (nSPS) is 10.7. The van der Waals surface area contributed by atoms with Crippen molar-refractivity contribution >= 4 is 35.6 Å². The number of nitrogens with one attached hydrogen (secondary N) is 1. The van der Waals surface area contributed by atoms with E-state index in [0.29, 0.717) is 19.1 Å². The van der Waals surface area contributed by atoms with Crippen molar-refractivity contribution in [3.63, 3.8) is 0 Å². The van der Waals surface area contributed by atoms with Crippen LogP contribution in [0.4, 0.5) is 5.69 Å². The molecule has 0 aromatic heterocycles. The molecule has 2 rings (SSSR count). The molecule has 0 amide bonds. The highest BCUT2D eigenvalue weighted by Gasteiger charge is 2.05. The lowest BCUT2D eigenvalue weighted by atomic mass is 10.1. The quantitative estimate of drug-likeness (QED) is 0.242. The Morgan fingerprint density at radius 3 is 2.59 bits per heavy atom. The van der Waals surface area contributed by atoms with Gasteiger partial charge in [0.15, 0.2) is 17.5 Å². The topological polar surface area (TPSA) is 78.1 Å². The predicted octanol–water partition coefficient (Wildman–Crippen LogP) is 4.08. The van der Waals surface area contributed by atoms with Gasteiger partial charge in [0.25, 0.3) is 0 Å². The van der Waals surface area contributed by atoms with Gasteiger partial charge in [0.05, 0.1) is 20.8 Å². The molecule has 7 heteroatoms. The first-order valence-corrected chi connectivity index (χ1v) is 8.67. The maximum atomic E-state index is 5.94. The van der Waals surface area contributed by atoms with E-state index in [-0.39, 0.29) is 24.0 Å². The van der Waals surface area contributed by atoms with Gasteiger partial charge in [-0.2, -0.15) is 0 Å². The van der Waals surface area contributed by atoms with E-state index < -0.39 is 0 Å². The first kappa shape index (κ1) is 22.9. The molecular formula is C20H28IN3O3. The highest BCUT2D eigenvalue weighted by atomic mass is 127. The average molecular weight is 485 g/mol. The Morgan fingerprint density at radius 2 is 1.89 bits per heavy atom. The smallest absolute Gasteiger partial charge is 0.193 e. The number of aliphatic imine (C=N–C) groups is 1. The zero-order valence-electron chi connectivity index (χ0n) is 16.0. The maximum absolute atomic E-state index is 5.94. The van der Waals surface area contributed by atoms with E-state index in [1.807, 2.05) is 49.4 Å². The zero-order valence-corrected chi connectivity index (χ0v) is 18.4. The van der Waals surface area contributed by atoms with Crippen LogP contribution in [0.3, 0.4) is 0 Å². The van der Waals surface area contributed by atoms with Crippen molar-refractivity contribution in [3.8, 4) is 17.2 Å². The number of anilines is 1. The molecule has 0 saturated carbocycles. The molecule has 3 N–H and O–H groups in total. The summed E-state index contributed by atoms with van der Waals surface area (Å²) in [5, 5.41) is 3.07. The van der Waals surface area contributed by atoms with E-state index >= 15 is 0 Å². The number of ether oxygens (including phenoxy) is 3. The first-order chi connectivity index (χ1) is 12.7. The SMILES string of the molecule is CCOc1cc(CCCN=C(N)Nc2cccc(OC)c2)ccc1OC.I. The van der Waals surface area contributed by atoms with Crippen molar-refractivity contribution in [3.05, 3.63) is 48.0 Å². The number of aryl methyl sites for hydroxylation is 1. The van der Waals surface area contributed by atoms with Crippen LogP contribution in [0.25, 0.3) is 0 Å². The minimum Gasteiger partial charge on any atom is -0.497 e. The minimum atomic E-state index is 0. The third-order valence-electron chi connectivity index (χ3n) is 3.78. The van der Waals surface area contributed by atoms with Crippen molar-refractivity contribution in [2.45, 2.75) is 19.8 Å². The molecule has 0 atom stereocenters. The summed E-state index contributed by atoms with van der Waals surface area (Å²) in [4.78, 5) is 4.37. The summed E-state index contributed by atoms with van der Waals surface area (Å²) in [5.74, 6) is 2.69. The first-order valence-electron chi connectivity index (χ1n) is 8.67. The van der Waals surface area contributed by atoms with Gasteiger partial charge >= 0.3 is 0 Å².